The molecular weight excluding hydrogens is 233 g/mol. The van der Waals surface area contributed by atoms with Crippen LogP contribution in [0.15, 0.2) is 18.2 Å². The number of methoxy groups -OCH3 is 2. The van der Waals surface area contributed by atoms with Gasteiger partial charge in [0.25, 0.3) is 0 Å². The second-order valence-electron chi connectivity index (χ2n) is 4.81. The summed E-state index contributed by atoms with van der Waals surface area (Å²) in [5, 5.41) is 3.33. The van der Waals surface area contributed by atoms with Crippen molar-refractivity contribution in [3.05, 3.63) is 29.6 Å². The van der Waals surface area contributed by atoms with Crippen molar-refractivity contribution in [3.8, 4) is 5.75 Å². The van der Waals surface area contributed by atoms with Gasteiger partial charge in [-0.05, 0) is 37.0 Å². The minimum Gasteiger partial charge on any atom is -0.494 e. The van der Waals surface area contributed by atoms with E-state index < -0.39 is 0 Å². The number of halogens is 1. The standard InChI is InChI=1S/C14H20FNO2/c1-17-13-5-4-11(8-12(13)15)9-16-10-14(18-2)6-3-7-14/h4-5,8,16H,3,6-7,9-10H2,1-2H3. The van der Waals surface area contributed by atoms with E-state index >= 15 is 0 Å². The van der Waals surface area contributed by atoms with Crippen LogP contribution in [0, 0.1) is 5.82 Å². The molecule has 0 bridgehead atoms. The molecule has 1 fully saturated rings. The molecule has 0 radical (unpaired) electrons. The summed E-state index contributed by atoms with van der Waals surface area (Å²) in [6.45, 7) is 1.46. The Hall–Kier alpha value is -1.13. The lowest BCUT2D eigenvalue weighted by atomic mass is 9.80. The summed E-state index contributed by atoms with van der Waals surface area (Å²) >= 11 is 0. The summed E-state index contributed by atoms with van der Waals surface area (Å²) in [7, 11) is 3.23. The van der Waals surface area contributed by atoms with E-state index in [-0.39, 0.29) is 17.2 Å². The van der Waals surface area contributed by atoms with Gasteiger partial charge in [-0.3, -0.25) is 0 Å². The van der Waals surface area contributed by atoms with Crippen LogP contribution in [-0.2, 0) is 11.3 Å². The van der Waals surface area contributed by atoms with Crippen molar-refractivity contribution in [1.29, 1.82) is 0 Å². The fraction of sp³-hybridized carbons (Fsp3) is 0.571. The smallest absolute Gasteiger partial charge is 0.165 e. The molecule has 1 aliphatic rings. The molecule has 0 unspecified atom stereocenters. The zero-order valence-corrected chi connectivity index (χ0v) is 11.0. The van der Waals surface area contributed by atoms with Gasteiger partial charge in [0.1, 0.15) is 0 Å². The van der Waals surface area contributed by atoms with Gasteiger partial charge in [0.15, 0.2) is 11.6 Å². The minimum atomic E-state index is -0.318. The minimum absolute atomic E-state index is 0.00498. The normalized spacial score (nSPS) is 17.3. The Bertz CT molecular complexity index is 399. The molecule has 18 heavy (non-hydrogen) atoms. The highest BCUT2D eigenvalue weighted by Crippen LogP contribution is 2.34. The molecule has 0 heterocycles. The van der Waals surface area contributed by atoms with Gasteiger partial charge in [-0.25, -0.2) is 4.39 Å². The molecule has 1 aliphatic carbocycles. The Balaban J connectivity index is 1.85. The summed E-state index contributed by atoms with van der Waals surface area (Å²) in [6, 6.07) is 5.03. The van der Waals surface area contributed by atoms with Gasteiger partial charge in [0, 0.05) is 20.2 Å². The molecule has 0 atom stereocenters. The van der Waals surface area contributed by atoms with E-state index in [9.17, 15) is 4.39 Å². The lowest BCUT2D eigenvalue weighted by Gasteiger charge is -2.40. The average molecular weight is 253 g/mol. The van der Waals surface area contributed by atoms with E-state index in [1.54, 1.807) is 13.2 Å². The predicted molar refractivity (Wildman–Crippen MR) is 68.2 cm³/mol. The highest BCUT2D eigenvalue weighted by molar-refractivity contribution is 5.29. The Labute approximate surface area is 107 Å². The van der Waals surface area contributed by atoms with E-state index in [0.717, 1.165) is 24.9 Å². The van der Waals surface area contributed by atoms with Crippen LogP contribution in [0.2, 0.25) is 0 Å². The van der Waals surface area contributed by atoms with E-state index in [0.29, 0.717) is 6.54 Å². The number of benzene rings is 1. The van der Waals surface area contributed by atoms with Crippen LogP contribution in [0.4, 0.5) is 4.39 Å². The molecule has 100 valence electrons. The van der Waals surface area contributed by atoms with Crippen molar-refractivity contribution >= 4 is 0 Å². The molecule has 1 aromatic rings. The van der Waals surface area contributed by atoms with Crippen molar-refractivity contribution in [2.45, 2.75) is 31.4 Å². The maximum absolute atomic E-state index is 13.5. The summed E-state index contributed by atoms with van der Waals surface area (Å²) in [4.78, 5) is 0. The first-order valence-corrected chi connectivity index (χ1v) is 6.27. The molecule has 1 aromatic carbocycles. The topological polar surface area (TPSA) is 30.5 Å². The third-order valence-electron chi connectivity index (χ3n) is 3.69. The van der Waals surface area contributed by atoms with Gasteiger partial charge in [0.05, 0.1) is 12.7 Å². The maximum atomic E-state index is 13.5. The number of hydrogen-bond acceptors (Lipinski definition) is 3. The highest BCUT2D eigenvalue weighted by atomic mass is 19.1. The molecule has 4 heteroatoms. The molecule has 0 spiro atoms. The average Bonchev–Trinajstić information content (AvgIpc) is 2.33. The quantitative estimate of drug-likeness (QED) is 0.845. The summed E-state index contributed by atoms with van der Waals surface area (Å²) in [5.41, 5.74) is 0.921. The van der Waals surface area contributed by atoms with E-state index in [4.69, 9.17) is 9.47 Å². The van der Waals surface area contributed by atoms with Crippen LogP contribution < -0.4 is 10.1 Å². The van der Waals surface area contributed by atoms with Gasteiger partial charge in [-0.2, -0.15) is 0 Å². The van der Waals surface area contributed by atoms with Gasteiger partial charge in [-0.1, -0.05) is 6.07 Å². The van der Waals surface area contributed by atoms with Crippen molar-refractivity contribution < 1.29 is 13.9 Å². The molecule has 0 aromatic heterocycles. The number of rotatable bonds is 6. The zero-order chi connectivity index (χ0) is 13.0. The third kappa shape index (κ3) is 2.82. The Morgan fingerprint density at radius 1 is 1.33 bits per heavy atom. The van der Waals surface area contributed by atoms with Gasteiger partial charge in [-0.15, -0.1) is 0 Å². The van der Waals surface area contributed by atoms with Crippen LogP contribution in [0.25, 0.3) is 0 Å². The second kappa shape index (κ2) is 5.67. The Kier molecular flexibility index (Phi) is 4.19. The molecule has 1 N–H and O–H groups in total. The Morgan fingerprint density at radius 2 is 2.11 bits per heavy atom. The van der Waals surface area contributed by atoms with E-state index in [1.807, 2.05) is 6.07 Å². The fourth-order valence-electron chi connectivity index (χ4n) is 2.28. The molecular formula is C14H20FNO2. The molecule has 0 saturated heterocycles. The van der Waals surface area contributed by atoms with Crippen molar-refractivity contribution in [2.75, 3.05) is 20.8 Å². The lowest BCUT2D eigenvalue weighted by molar-refractivity contribution is -0.0695. The first kappa shape index (κ1) is 13.3. The lowest BCUT2D eigenvalue weighted by Crippen LogP contribution is -2.47. The predicted octanol–water partition coefficient (Wildman–Crippen LogP) is 2.49. The molecule has 2 rings (SSSR count). The fourth-order valence-corrected chi connectivity index (χ4v) is 2.28. The van der Waals surface area contributed by atoms with E-state index in [1.165, 1.54) is 19.6 Å². The van der Waals surface area contributed by atoms with Crippen LogP contribution >= 0.6 is 0 Å². The van der Waals surface area contributed by atoms with Crippen molar-refractivity contribution in [2.24, 2.45) is 0 Å². The molecule has 1 saturated carbocycles. The van der Waals surface area contributed by atoms with Crippen LogP contribution in [0.5, 0.6) is 5.75 Å². The second-order valence-corrected chi connectivity index (χ2v) is 4.81. The summed E-state index contributed by atoms with van der Waals surface area (Å²) in [6.07, 6.45) is 3.44. The van der Waals surface area contributed by atoms with Gasteiger partial charge in [0.2, 0.25) is 0 Å². The largest absolute Gasteiger partial charge is 0.494 e. The highest BCUT2D eigenvalue weighted by Gasteiger charge is 2.36. The van der Waals surface area contributed by atoms with E-state index in [2.05, 4.69) is 5.32 Å². The maximum Gasteiger partial charge on any atom is 0.165 e. The molecule has 0 aliphatic heterocycles. The number of hydrogen-bond donors (Lipinski definition) is 1. The number of nitrogens with one attached hydrogen (secondary N) is 1. The summed E-state index contributed by atoms with van der Waals surface area (Å²) in [5.74, 6) is -0.0343. The first-order valence-electron chi connectivity index (χ1n) is 6.27. The van der Waals surface area contributed by atoms with Crippen molar-refractivity contribution in [3.63, 3.8) is 0 Å². The molecule has 3 nitrogen and oxygen atoms in total. The Morgan fingerprint density at radius 3 is 2.61 bits per heavy atom. The first-order chi connectivity index (χ1) is 8.69. The van der Waals surface area contributed by atoms with Gasteiger partial charge >= 0.3 is 0 Å². The van der Waals surface area contributed by atoms with Crippen LogP contribution in [0.3, 0.4) is 0 Å². The monoisotopic (exact) mass is 253 g/mol. The SMILES string of the molecule is COc1ccc(CNCC2(OC)CCC2)cc1F. The van der Waals surface area contributed by atoms with Crippen molar-refractivity contribution in [1.82, 2.24) is 5.32 Å². The zero-order valence-electron chi connectivity index (χ0n) is 11.0. The van der Waals surface area contributed by atoms with Crippen LogP contribution in [0.1, 0.15) is 24.8 Å². The third-order valence-corrected chi connectivity index (χ3v) is 3.69. The van der Waals surface area contributed by atoms with Gasteiger partial charge < -0.3 is 14.8 Å². The summed E-state index contributed by atoms with van der Waals surface area (Å²) < 4.78 is 23.9. The number of ether oxygens (including phenoxy) is 2. The molecule has 0 amide bonds. The van der Waals surface area contributed by atoms with Crippen LogP contribution in [-0.4, -0.2) is 26.4 Å².